The predicted molar refractivity (Wildman–Crippen MR) is 120 cm³/mol. The van der Waals surface area contributed by atoms with E-state index in [-0.39, 0.29) is 23.9 Å². The monoisotopic (exact) mass is 443 g/mol. The van der Waals surface area contributed by atoms with Crippen LogP contribution in [-0.4, -0.2) is 33.5 Å². The Morgan fingerprint density at radius 3 is 2.48 bits per heavy atom. The highest BCUT2D eigenvalue weighted by Gasteiger charge is 2.33. The van der Waals surface area contributed by atoms with Gasteiger partial charge in [0.25, 0.3) is 5.56 Å². The number of hydrogen-bond acceptors (Lipinski definition) is 7. The molecule has 0 saturated carbocycles. The van der Waals surface area contributed by atoms with Gasteiger partial charge < -0.3 is 9.47 Å². The van der Waals surface area contributed by atoms with E-state index in [0.29, 0.717) is 22.8 Å². The van der Waals surface area contributed by atoms with Crippen molar-refractivity contribution in [2.45, 2.75) is 26.6 Å². The fraction of sp³-hybridized carbons (Fsp3) is 0.208. The Labute approximate surface area is 190 Å². The highest BCUT2D eigenvalue weighted by molar-refractivity contribution is 5.82. The van der Waals surface area contributed by atoms with Crippen LogP contribution in [0, 0.1) is 18.3 Å². The molecule has 2 aromatic carbocycles. The van der Waals surface area contributed by atoms with Crippen LogP contribution in [0.2, 0.25) is 0 Å². The smallest absolute Gasteiger partial charge is 0.272 e. The zero-order chi connectivity index (χ0) is 23.5. The second-order valence-electron chi connectivity index (χ2n) is 7.35. The number of methoxy groups -OCH3 is 1. The third kappa shape index (κ3) is 4.19. The van der Waals surface area contributed by atoms with Crippen LogP contribution in [0.3, 0.4) is 0 Å². The van der Waals surface area contributed by atoms with Crippen molar-refractivity contribution in [3.63, 3.8) is 0 Å². The Kier molecular flexibility index (Phi) is 5.91. The Hall–Kier alpha value is -4.45. The second kappa shape index (κ2) is 8.96. The molecule has 1 aliphatic rings. The molecule has 1 aliphatic heterocycles. The number of carbonyl (C=O) groups is 1. The first-order chi connectivity index (χ1) is 15.9. The average Bonchev–Trinajstić information content (AvgIpc) is 3.26. The highest BCUT2D eigenvalue weighted by Crippen LogP contribution is 2.29. The Bertz CT molecular complexity index is 1320. The number of benzene rings is 2. The lowest BCUT2D eigenvalue weighted by Gasteiger charge is -2.19. The molecule has 0 N–H and O–H groups in total. The highest BCUT2D eigenvalue weighted by atomic mass is 16.5. The van der Waals surface area contributed by atoms with E-state index < -0.39 is 11.8 Å². The lowest BCUT2D eigenvalue weighted by molar-refractivity contribution is -0.135. The Morgan fingerprint density at radius 1 is 1.18 bits per heavy atom. The first-order valence-electron chi connectivity index (χ1n) is 10.2. The summed E-state index contributed by atoms with van der Waals surface area (Å²) in [5, 5.41) is 15.2. The van der Waals surface area contributed by atoms with Crippen molar-refractivity contribution in [2.24, 2.45) is 5.10 Å². The Balaban J connectivity index is 1.69. The normalized spacial score (nSPS) is 14.9. The topological polar surface area (TPSA) is 110 Å². The maximum atomic E-state index is 13.2. The van der Waals surface area contributed by atoms with Gasteiger partial charge >= 0.3 is 0 Å². The van der Waals surface area contributed by atoms with E-state index in [2.05, 4.69) is 10.1 Å². The van der Waals surface area contributed by atoms with Crippen LogP contribution in [0.25, 0.3) is 11.3 Å². The van der Waals surface area contributed by atoms with Crippen LogP contribution in [0.1, 0.15) is 30.1 Å². The molecule has 33 heavy (non-hydrogen) atoms. The summed E-state index contributed by atoms with van der Waals surface area (Å²) in [5.41, 5.74) is 1.06. The van der Waals surface area contributed by atoms with Gasteiger partial charge in [0.05, 0.1) is 12.8 Å². The fourth-order valence-corrected chi connectivity index (χ4v) is 3.55. The summed E-state index contributed by atoms with van der Waals surface area (Å²) in [7, 11) is 1.56. The van der Waals surface area contributed by atoms with E-state index in [0.717, 1.165) is 5.56 Å². The van der Waals surface area contributed by atoms with Crippen molar-refractivity contribution in [1.29, 1.82) is 5.26 Å². The molecule has 0 aliphatic carbocycles. The van der Waals surface area contributed by atoms with Gasteiger partial charge in [-0.3, -0.25) is 14.2 Å². The summed E-state index contributed by atoms with van der Waals surface area (Å²) < 4.78 is 12.4. The van der Waals surface area contributed by atoms with Gasteiger partial charge in [0, 0.05) is 18.1 Å². The summed E-state index contributed by atoms with van der Waals surface area (Å²) in [6, 6.07) is 18.1. The Morgan fingerprint density at radius 2 is 1.88 bits per heavy atom. The number of rotatable bonds is 5. The first kappa shape index (κ1) is 21.8. The molecule has 3 aromatic rings. The van der Waals surface area contributed by atoms with Crippen molar-refractivity contribution >= 4 is 11.8 Å². The minimum Gasteiger partial charge on any atom is -0.497 e. The van der Waals surface area contributed by atoms with Gasteiger partial charge in [-0.25, -0.2) is 4.98 Å². The van der Waals surface area contributed by atoms with Crippen molar-refractivity contribution in [3.05, 3.63) is 81.9 Å². The van der Waals surface area contributed by atoms with Gasteiger partial charge in [-0.1, -0.05) is 30.3 Å². The zero-order valence-corrected chi connectivity index (χ0v) is 18.3. The maximum absolute atomic E-state index is 13.2. The third-order valence-electron chi connectivity index (χ3n) is 5.23. The van der Waals surface area contributed by atoms with E-state index in [4.69, 9.17) is 9.47 Å². The molecular formula is C24H21N5O4. The predicted octanol–water partition coefficient (Wildman–Crippen LogP) is 2.99. The van der Waals surface area contributed by atoms with Crippen molar-refractivity contribution in [3.8, 4) is 23.1 Å². The molecule has 1 aromatic heterocycles. The molecule has 166 valence electrons. The van der Waals surface area contributed by atoms with Crippen molar-refractivity contribution in [1.82, 2.24) is 14.6 Å². The van der Waals surface area contributed by atoms with E-state index >= 15 is 0 Å². The van der Waals surface area contributed by atoms with Crippen LogP contribution in [0.5, 0.6) is 5.75 Å². The van der Waals surface area contributed by atoms with Gasteiger partial charge in [-0.15, -0.1) is 5.10 Å². The summed E-state index contributed by atoms with van der Waals surface area (Å²) >= 11 is 0. The number of aryl methyl sites for hydroxylation is 1. The van der Waals surface area contributed by atoms with Crippen LogP contribution in [-0.2, 0) is 16.1 Å². The van der Waals surface area contributed by atoms with Gasteiger partial charge in [0.1, 0.15) is 29.8 Å². The maximum Gasteiger partial charge on any atom is 0.272 e. The van der Waals surface area contributed by atoms with Crippen LogP contribution in [0.4, 0.5) is 0 Å². The fourth-order valence-electron chi connectivity index (χ4n) is 3.55. The number of hydrogen-bond donors (Lipinski definition) is 0. The quantitative estimate of drug-likeness (QED) is 0.600. The average molecular weight is 443 g/mol. The number of carbonyl (C=O) groups excluding carboxylic acids is 1. The number of amides is 1. The molecule has 9 heteroatoms. The standard InChI is InChI=1S/C24H21N5O4/c1-15-26-22(17-9-11-19(32-3)12-10-17)20(13-25)23(31)28(15)14-21-27-29(16(2)30)24(33-21)18-7-5-4-6-8-18/h4-12,24H,14H2,1-3H3. The third-order valence-corrected chi connectivity index (χ3v) is 5.23. The van der Waals surface area contributed by atoms with Crippen molar-refractivity contribution < 1.29 is 14.3 Å². The van der Waals surface area contributed by atoms with Crippen molar-refractivity contribution in [2.75, 3.05) is 7.11 Å². The summed E-state index contributed by atoms with van der Waals surface area (Å²) in [4.78, 5) is 29.8. The molecule has 1 amide bonds. The van der Waals surface area contributed by atoms with Gasteiger partial charge in [0.2, 0.25) is 18.0 Å². The number of nitriles is 1. The molecule has 9 nitrogen and oxygen atoms in total. The van der Waals surface area contributed by atoms with Crippen LogP contribution >= 0.6 is 0 Å². The number of aromatic nitrogens is 2. The van der Waals surface area contributed by atoms with Crippen LogP contribution < -0.4 is 10.3 Å². The summed E-state index contributed by atoms with van der Waals surface area (Å²) in [6.45, 7) is 2.99. The van der Waals surface area contributed by atoms with E-state index in [1.807, 2.05) is 36.4 Å². The SMILES string of the molecule is COc1ccc(-c2nc(C)n(CC3=NN(C(C)=O)C(c4ccccc4)O3)c(=O)c2C#N)cc1. The minimum atomic E-state index is -0.725. The second-order valence-corrected chi connectivity index (χ2v) is 7.35. The molecule has 0 radical (unpaired) electrons. The lowest BCUT2D eigenvalue weighted by Crippen LogP contribution is -2.30. The molecule has 0 bridgehead atoms. The lowest BCUT2D eigenvalue weighted by atomic mass is 10.1. The van der Waals surface area contributed by atoms with Crippen LogP contribution in [0.15, 0.2) is 64.5 Å². The summed E-state index contributed by atoms with van der Waals surface area (Å²) in [6.07, 6.45) is -0.725. The number of nitrogens with zero attached hydrogens (tertiary/aromatic N) is 5. The molecule has 1 atom stereocenters. The van der Waals surface area contributed by atoms with E-state index in [1.54, 1.807) is 38.3 Å². The number of ether oxygens (including phenoxy) is 2. The van der Waals surface area contributed by atoms with Gasteiger partial charge in [-0.05, 0) is 31.2 Å². The van der Waals surface area contributed by atoms with E-state index in [1.165, 1.54) is 16.5 Å². The largest absolute Gasteiger partial charge is 0.497 e. The molecular weight excluding hydrogens is 422 g/mol. The zero-order valence-electron chi connectivity index (χ0n) is 18.3. The molecule has 4 rings (SSSR count). The van der Waals surface area contributed by atoms with Gasteiger partial charge in [-0.2, -0.15) is 10.3 Å². The first-order valence-corrected chi connectivity index (χ1v) is 10.2. The minimum absolute atomic E-state index is 0.0671. The molecule has 1 unspecified atom stereocenters. The molecule has 0 saturated heterocycles. The molecule has 0 fully saturated rings. The van der Waals surface area contributed by atoms with E-state index in [9.17, 15) is 14.9 Å². The molecule has 0 spiro atoms. The molecule has 2 heterocycles. The number of hydrazone groups is 1. The summed E-state index contributed by atoms with van der Waals surface area (Å²) in [5.74, 6) is 0.913. The van der Waals surface area contributed by atoms with Gasteiger partial charge in [0.15, 0.2) is 0 Å².